The number of piperidine rings is 1. The monoisotopic (exact) mass is 326 g/mol. The zero-order chi connectivity index (χ0) is 16.8. The summed E-state index contributed by atoms with van der Waals surface area (Å²) >= 11 is 0. The van der Waals surface area contributed by atoms with Crippen LogP contribution in [0.25, 0.3) is 11.0 Å². The van der Waals surface area contributed by atoms with Crippen LogP contribution in [0.15, 0.2) is 18.2 Å². The van der Waals surface area contributed by atoms with E-state index in [2.05, 4.69) is 9.97 Å². The van der Waals surface area contributed by atoms with Gasteiger partial charge in [-0.15, -0.1) is 0 Å². The van der Waals surface area contributed by atoms with Gasteiger partial charge in [0.15, 0.2) is 0 Å². The Morgan fingerprint density at radius 1 is 1.21 bits per heavy atom. The third-order valence-corrected chi connectivity index (χ3v) is 5.27. The number of hydrogen-bond acceptors (Lipinski definition) is 3. The summed E-state index contributed by atoms with van der Waals surface area (Å²) in [4.78, 5) is 36.3. The number of fused-ring (bicyclic) bond motifs is 5. The van der Waals surface area contributed by atoms with Gasteiger partial charge in [0.25, 0.3) is 5.91 Å². The van der Waals surface area contributed by atoms with Crippen LogP contribution in [0.5, 0.6) is 0 Å². The number of benzene rings is 1. The quantitative estimate of drug-likeness (QED) is 0.871. The number of carbonyl (C=O) groups excluding carboxylic acids is 2. The molecule has 3 fully saturated rings. The van der Waals surface area contributed by atoms with Crippen molar-refractivity contribution in [3.63, 3.8) is 0 Å². The van der Waals surface area contributed by atoms with E-state index in [0.29, 0.717) is 18.0 Å². The van der Waals surface area contributed by atoms with Crippen molar-refractivity contribution in [2.75, 3.05) is 19.6 Å². The average molecular weight is 326 g/mol. The first-order chi connectivity index (χ1) is 11.5. The zero-order valence-electron chi connectivity index (χ0n) is 14.1. The van der Waals surface area contributed by atoms with Crippen molar-refractivity contribution in [2.24, 2.45) is 5.92 Å². The predicted octanol–water partition coefficient (Wildman–Crippen LogP) is 1.95. The molecule has 1 N–H and O–H groups in total. The maximum Gasteiger partial charge on any atom is 0.254 e. The van der Waals surface area contributed by atoms with Crippen molar-refractivity contribution in [2.45, 2.75) is 32.7 Å². The molecule has 5 rings (SSSR count). The van der Waals surface area contributed by atoms with Gasteiger partial charge in [0.05, 0.1) is 11.0 Å². The van der Waals surface area contributed by atoms with Gasteiger partial charge in [0, 0.05) is 38.2 Å². The molecule has 0 unspecified atom stereocenters. The topological polar surface area (TPSA) is 69.3 Å². The summed E-state index contributed by atoms with van der Waals surface area (Å²) < 4.78 is 0. The molecule has 0 radical (unpaired) electrons. The van der Waals surface area contributed by atoms with Gasteiger partial charge in [-0.3, -0.25) is 9.59 Å². The average Bonchev–Trinajstić information content (AvgIpc) is 2.73. The molecule has 3 aliphatic rings. The second kappa shape index (κ2) is 5.61. The largest absolute Gasteiger partial charge is 0.342 e. The number of hydrogen-bond donors (Lipinski definition) is 1. The summed E-state index contributed by atoms with van der Waals surface area (Å²) in [5, 5.41) is 0. The number of aromatic amines is 1. The van der Waals surface area contributed by atoms with E-state index in [9.17, 15) is 9.59 Å². The number of amides is 2. The highest BCUT2D eigenvalue weighted by Crippen LogP contribution is 2.29. The molecule has 3 saturated heterocycles. The van der Waals surface area contributed by atoms with Gasteiger partial charge in [-0.05, 0) is 43.9 Å². The molecule has 6 heteroatoms. The van der Waals surface area contributed by atoms with Crippen molar-refractivity contribution in [3.8, 4) is 0 Å². The van der Waals surface area contributed by atoms with Crippen molar-refractivity contribution >= 4 is 22.8 Å². The lowest BCUT2D eigenvalue weighted by Crippen LogP contribution is -2.47. The minimum Gasteiger partial charge on any atom is -0.342 e. The van der Waals surface area contributed by atoms with Gasteiger partial charge in [0.2, 0.25) is 5.91 Å². The van der Waals surface area contributed by atoms with E-state index in [-0.39, 0.29) is 17.9 Å². The second-order valence-electron chi connectivity index (χ2n) is 7.03. The first kappa shape index (κ1) is 15.2. The highest BCUT2D eigenvalue weighted by molar-refractivity contribution is 5.97. The predicted molar refractivity (Wildman–Crippen MR) is 90.6 cm³/mol. The van der Waals surface area contributed by atoms with Crippen LogP contribution in [0.2, 0.25) is 0 Å². The van der Waals surface area contributed by atoms with Crippen LogP contribution in [0, 0.1) is 12.8 Å². The third kappa shape index (κ3) is 2.56. The van der Waals surface area contributed by atoms with Gasteiger partial charge in [-0.1, -0.05) is 0 Å². The minimum absolute atomic E-state index is 0.0595. The van der Waals surface area contributed by atoms with E-state index in [4.69, 9.17) is 0 Å². The number of aryl methyl sites for hydroxylation is 1. The van der Waals surface area contributed by atoms with E-state index in [0.717, 1.165) is 42.8 Å². The third-order valence-electron chi connectivity index (χ3n) is 5.27. The molecule has 2 bridgehead atoms. The van der Waals surface area contributed by atoms with Gasteiger partial charge in [0.1, 0.15) is 5.82 Å². The molecule has 2 aromatic rings. The summed E-state index contributed by atoms with van der Waals surface area (Å²) in [5.74, 6) is 1.40. The number of nitrogens with one attached hydrogen (secondary N) is 1. The number of nitrogens with zero attached hydrogens (tertiary/aromatic N) is 3. The number of aromatic nitrogens is 2. The van der Waals surface area contributed by atoms with E-state index < -0.39 is 0 Å². The molecule has 4 heterocycles. The number of H-pyrrole nitrogens is 1. The zero-order valence-corrected chi connectivity index (χ0v) is 14.1. The number of imidazole rings is 1. The lowest BCUT2D eigenvalue weighted by molar-refractivity contribution is -0.129. The van der Waals surface area contributed by atoms with Crippen LogP contribution in [0.4, 0.5) is 0 Å². The van der Waals surface area contributed by atoms with Crippen molar-refractivity contribution in [1.29, 1.82) is 0 Å². The Balaban J connectivity index is 1.62. The molecule has 3 aliphatic heterocycles. The van der Waals surface area contributed by atoms with E-state index in [1.165, 1.54) is 0 Å². The summed E-state index contributed by atoms with van der Waals surface area (Å²) in [6.45, 7) is 5.70. The van der Waals surface area contributed by atoms with Gasteiger partial charge >= 0.3 is 0 Å². The molecule has 0 aliphatic carbocycles. The van der Waals surface area contributed by atoms with Crippen LogP contribution in [-0.4, -0.2) is 57.3 Å². The van der Waals surface area contributed by atoms with Crippen molar-refractivity contribution in [3.05, 3.63) is 29.6 Å². The summed E-state index contributed by atoms with van der Waals surface area (Å²) in [6, 6.07) is 5.76. The van der Waals surface area contributed by atoms with Crippen LogP contribution in [0.1, 0.15) is 35.9 Å². The standard InChI is InChI=1S/C18H22N4O2/c1-11-19-16-6-4-14(7-17(16)20-11)18(24)22-9-13-3-5-15(22)10-21(8-13)12(2)23/h4,6-7,13,15H,3,5,8-10H2,1-2H3,(H,19,20)/t13-,15+/m1/s1. The summed E-state index contributed by atoms with van der Waals surface area (Å²) in [6.07, 6.45) is 2.07. The number of carbonyl (C=O) groups is 2. The van der Waals surface area contributed by atoms with Gasteiger partial charge in [-0.25, -0.2) is 4.98 Å². The first-order valence-electron chi connectivity index (χ1n) is 8.54. The van der Waals surface area contributed by atoms with Crippen LogP contribution in [-0.2, 0) is 4.79 Å². The van der Waals surface area contributed by atoms with E-state index >= 15 is 0 Å². The fourth-order valence-electron chi connectivity index (χ4n) is 4.02. The highest BCUT2D eigenvalue weighted by atomic mass is 16.2. The fourth-order valence-corrected chi connectivity index (χ4v) is 4.02. The normalized spacial score (nSPS) is 23.6. The summed E-state index contributed by atoms with van der Waals surface area (Å²) in [5.41, 5.74) is 2.46. The van der Waals surface area contributed by atoms with Crippen molar-refractivity contribution < 1.29 is 9.59 Å². The molecular weight excluding hydrogens is 304 g/mol. The molecule has 2 amide bonds. The molecule has 1 aromatic carbocycles. The lowest BCUT2D eigenvalue weighted by atomic mass is 9.94. The summed E-state index contributed by atoms with van der Waals surface area (Å²) in [7, 11) is 0. The van der Waals surface area contributed by atoms with Gasteiger partial charge in [-0.2, -0.15) is 0 Å². The molecule has 0 saturated carbocycles. The molecule has 6 nitrogen and oxygen atoms in total. The second-order valence-corrected chi connectivity index (χ2v) is 7.03. The molecule has 2 atom stereocenters. The minimum atomic E-state index is 0.0595. The van der Waals surface area contributed by atoms with Crippen LogP contribution < -0.4 is 0 Å². The molecule has 126 valence electrons. The highest BCUT2D eigenvalue weighted by Gasteiger charge is 2.38. The Morgan fingerprint density at radius 3 is 2.83 bits per heavy atom. The maximum atomic E-state index is 13.1. The van der Waals surface area contributed by atoms with E-state index in [1.807, 2.05) is 34.9 Å². The smallest absolute Gasteiger partial charge is 0.254 e. The Kier molecular flexibility index (Phi) is 3.55. The fraction of sp³-hybridized carbons (Fsp3) is 0.500. The Morgan fingerprint density at radius 2 is 2.04 bits per heavy atom. The maximum absolute atomic E-state index is 13.1. The molecule has 0 spiro atoms. The Bertz CT molecular complexity index is 812. The number of rotatable bonds is 1. The molecule has 24 heavy (non-hydrogen) atoms. The SMILES string of the molecule is CC(=O)N1C[C@H]2CC[C@@H](C1)N(C(=O)c1ccc3nc(C)[nH]c3c1)C2. The molecule has 1 aromatic heterocycles. The lowest BCUT2D eigenvalue weighted by Gasteiger charge is -2.36. The van der Waals surface area contributed by atoms with Crippen molar-refractivity contribution in [1.82, 2.24) is 19.8 Å². The van der Waals surface area contributed by atoms with Crippen LogP contribution in [0.3, 0.4) is 0 Å². The van der Waals surface area contributed by atoms with Gasteiger partial charge < -0.3 is 14.8 Å². The van der Waals surface area contributed by atoms with Crippen LogP contribution >= 0.6 is 0 Å². The molecular formula is C18H22N4O2. The van der Waals surface area contributed by atoms with E-state index in [1.54, 1.807) is 6.92 Å². The Labute approximate surface area is 140 Å². The Hall–Kier alpha value is -2.37. The first-order valence-corrected chi connectivity index (χ1v) is 8.54.